The average Bonchev–Trinajstić information content (AvgIpc) is 2.45. The zero-order valence-electron chi connectivity index (χ0n) is 13.6. The maximum absolute atomic E-state index is 11.6. The van der Waals surface area contributed by atoms with Gasteiger partial charge in [0.05, 0.1) is 0 Å². The Labute approximate surface area is 128 Å². The number of carbonyl (C=O) groups is 1. The molecule has 0 aliphatic heterocycles. The summed E-state index contributed by atoms with van der Waals surface area (Å²) in [5.74, 6) is 0.911. The molecule has 1 fully saturated rings. The van der Waals surface area contributed by atoms with E-state index in [1.165, 1.54) is 18.4 Å². The van der Waals surface area contributed by atoms with Gasteiger partial charge in [-0.15, -0.1) is 0 Å². The highest BCUT2D eigenvalue weighted by molar-refractivity contribution is 5.80. The molecule has 2 rings (SSSR count). The molecule has 0 radical (unpaired) electrons. The van der Waals surface area contributed by atoms with Crippen molar-refractivity contribution in [3.8, 4) is 5.75 Å². The number of benzene rings is 1. The Balaban J connectivity index is 2.19. The van der Waals surface area contributed by atoms with Gasteiger partial charge >= 0.3 is 0 Å². The summed E-state index contributed by atoms with van der Waals surface area (Å²) in [7, 11) is 0. The molecule has 21 heavy (non-hydrogen) atoms. The van der Waals surface area contributed by atoms with Gasteiger partial charge < -0.3 is 5.11 Å². The SMILES string of the molecule is CCCCC(C)(C)c1ccc(C2CCCC(=O)C2)c(O)c1. The van der Waals surface area contributed by atoms with Crippen molar-refractivity contribution in [1.29, 1.82) is 0 Å². The molecular weight excluding hydrogens is 260 g/mol. The van der Waals surface area contributed by atoms with Crippen LogP contribution in [-0.4, -0.2) is 10.9 Å². The number of phenols is 1. The molecule has 1 aliphatic carbocycles. The molecule has 1 aromatic carbocycles. The fourth-order valence-corrected chi connectivity index (χ4v) is 3.36. The molecule has 1 saturated carbocycles. The Bertz CT molecular complexity index is 502. The van der Waals surface area contributed by atoms with Crippen LogP contribution < -0.4 is 0 Å². The van der Waals surface area contributed by atoms with E-state index in [1.807, 2.05) is 12.1 Å². The van der Waals surface area contributed by atoms with E-state index in [9.17, 15) is 9.90 Å². The van der Waals surface area contributed by atoms with Crippen molar-refractivity contribution in [2.75, 3.05) is 0 Å². The first-order chi connectivity index (χ1) is 9.94. The van der Waals surface area contributed by atoms with Gasteiger partial charge in [-0.2, -0.15) is 0 Å². The molecule has 2 nitrogen and oxygen atoms in total. The molecule has 0 amide bonds. The topological polar surface area (TPSA) is 37.3 Å². The number of ketones is 1. The van der Waals surface area contributed by atoms with Crippen LogP contribution in [0.1, 0.15) is 82.8 Å². The van der Waals surface area contributed by atoms with Crippen molar-refractivity contribution in [2.24, 2.45) is 0 Å². The molecule has 1 aromatic rings. The number of unbranched alkanes of at least 4 members (excludes halogenated alkanes) is 1. The van der Waals surface area contributed by atoms with Crippen LogP contribution >= 0.6 is 0 Å². The molecule has 1 aliphatic rings. The normalized spacial score (nSPS) is 19.8. The predicted octanol–water partition coefficient (Wildman–Crippen LogP) is 5.09. The lowest BCUT2D eigenvalue weighted by Gasteiger charge is -2.27. The van der Waals surface area contributed by atoms with Gasteiger partial charge in [-0.05, 0) is 47.8 Å². The summed E-state index contributed by atoms with van der Waals surface area (Å²) in [6, 6.07) is 6.11. The minimum Gasteiger partial charge on any atom is -0.508 e. The number of hydrogen-bond donors (Lipinski definition) is 1. The lowest BCUT2D eigenvalue weighted by molar-refractivity contribution is -0.120. The van der Waals surface area contributed by atoms with Gasteiger partial charge in [0.2, 0.25) is 0 Å². The minimum atomic E-state index is 0.0917. The van der Waals surface area contributed by atoms with Crippen molar-refractivity contribution >= 4 is 5.78 Å². The summed E-state index contributed by atoms with van der Waals surface area (Å²) in [6.45, 7) is 6.68. The van der Waals surface area contributed by atoms with Gasteiger partial charge in [0.1, 0.15) is 11.5 Å². The number of aromatic hydroxyl groups is 1. The van der Waals surface area contributed by atoms with E-state index < -0.39 is 0 Å². The second kappa shape index (κ2) is 6.64. The fourth-order valence-electron chi connectivity index (χ4n) is 3.36. The molecular formula is C19H28O2. The van der Waals surface area contributed by atoms with E-state index >= 15 is 0 Å². The van der Waals surface area contributed by atoms with Crippen LogP contribution in [0, 0.1) is 0 Å². The van der Waals surface area contributed by atoms with Crippen LogP contribution in [0.4, 0.5) is 0 Å². The largest absolute Gasteiger partial charge is 0.508 e. The van der Waals surface area contributed by atoms with Crippen molar-refractivity contribution in [3.63, 3.8) is 0 Å². The van der Waals surface area contributed by atoms with Gasteiger partial charge in [-0.25, -0.2) is 0 Å². The smallest absolute Gasteiger partial charge is 0.133 e. The van der Waals surface area contributed by atoms with Gasteiger partial charge in [-0.3, -0.25) is 4.79 Å². The van der Waals surface area contributed by atoms with Crippen molar-refractivity contribution in [2.45, 2.75) is 77.0 Å². The second-order valence-corrected chi connectivity index (χ2v) is 7.09. The molecule has 1 atom stereocenters. The second-order valence-electron chi connectivity index (χ2n) is 7.09. The fraction of sp³-hybridized carbons (Fsp3) is 0.632. The summed E-state index contributed by atoms with van der Waals surface area (Å²) < 4.78 is 0. The lowest BCUT2D eigenvalue weighted by Crippen LogP contribution is -2.18. The molecule has 116 valence electrons. The highest BCUT2D eigenvalue weighted by Gasteiger charge is 2.25. The Morgan fingerprint density at radius 2 is 2.10 bits per heavy atom. The van der Waals surface area contributed by atoms with Crippen molar-refractivity contribution in [1.82, 2.24) is 0 Å². The van der Waals surface area contributed by atoms with Gasteiger partial charge in [0.15, 0.2) is 0 Å². The molecule has 0 saturated heterocycles. The maximum Gasteiger partial charge on any atom is 0.133 e. The number of hydrogen-bond acceptors (Lipinski definition) is 2. The third kappa shape index (κ3) is 3.87. The maximum atomic E-state index is 11.6. The van der Waals surface area contributed by atoms with Crippen LogP contribution in [0.5, 0.6) is 5.75 Å². The molecule has 2 heteroatoms. The predicted molar refractivity (Wildman–Crippen MR) is 86.9 cm³/mol. The van der Waals surface area contributed by atoms with E-state index in [-0.39, 0.29) is 11.3 Å². The zero-order chi connectivity index (χ0) is 15.5. The van der Waals surface area contributed by atoms with E-state index in [1.54, 1.807) is 0 Å². The summed E-state index contributed by atoms with van der Waals surface area (Å²) >= 11 is 0. The highest BCUT2D eigenvalue weighted by atomic mass is 16.3. The van der Waals surface area contributed by atoms with Gasteiger partial charge in [0, 0.05) is 12.8 Å². The van der Waals surface area contributed by atoms with Crippen LogP contribution in [0.15, 0.2) is 18.2 Å². The molecule has 1 N–H and O–H groups in total. The highest BCUT2D eigenvalue weighted by Crippen LogP contribution is 2.39. The molecule has 0 aromatic heterocycles. The Morgan fingerprint density at radius 1 is 1.33 bits per heavy atom. The van der Waals surface area contributed by atoms with Crippen molar-refractivity contribution in [3.05, 3.63) is 29.3 Å². The summed E-state index contributed by atoms with van der Waals surface area (Å²) in [5.41, 5.74) is 2.24. The number of carbonyl (C=O) groups excluding carboxylic acids is 1. The first-order valence-corrected chi connectivity index (χ1v) is 8.29. The Kier molecular flexibility index (Phi) is 5.08. The van der Waals surface area contributed by atoms with Crippen LogP contribution in [0.3, 0.4) is 0 Å². The number of Topliss-reactive ketones (excluding diaryl/α,β-unsaturated/α-hetero) is 1. The standard InChI is InChI=1S/C19H28O2/c1-4-5-11-19(2,3)15-9-10-17(18(21)13-15)14-7-6-8-16(20)12-14/h9-10,13-14,21H,4-8,11-12H2,1-3H3. The van der Waals surface area contributed by atoms with Crippen LogP contribution in [-0.2, 0) is 10.2 Å². The Hall–Kier alpha value is -1.31. The monoisotopic (exact) mass is 288 g/mol. The number of phenolic OH excluding ortho intramolecular Hbond substituents is 1. The zero-order valence-corrected chi connectivity index (χ0v) is 13.6. The van der Waals surface area contributed by atoms with E-state index in [0.29, 0.717) is 24.4 Å². The van der Waals surface area contributed by atoms with E-state index in [2.05, 4.69) is 26.8 Å². The first-order valence-electron chi connectivity index (χ1n) is 8.29. The lowest BCUT2D eigenvalue weighted by atomic mass is 9.78. The molecule has 0 bridgehead atoms. The molecule has 1 unspecified atom stereocenters. The minimum absolute atomic E-state index is 0.0917. The van der Waals surface area contributed by atoms with Gasteiger partial charge in [-0.1, -0.05) is 45.7 Å². The average molecular weight is 288 g/mol. The summed E-state index contributed by atoms with van der Waals surface area (Å²) in [6.07, 6.45) is 6.78. The first kappa shape index (κ1) is 16.1. The van der Waals surface area contributed by atoms with E-state index in [0.717, 1.165) is 24.8 Å². The molecule has 0 spiro atoms. The quantitative estimate of drug-likeness (QED) is 0.819. The summed E-state index contributed by atoms with van der Waals surface area (Å²) in [4.78, 5) is 11.6. The van der Waals surface area contributed by atoms with Crippen molar-refractivity contribution < 1.29 is 9.90 Å². The van der Waals surface area contributed by atoms with E-state index in [4.69, 9.17) is 0 Å². The molecule has 0 heterocycles. The Morgan fingerprint density at radius 3 is 2.71 bits per heavy atom. The van der Waals surface area contributed by atoms with Gasteiger partial charge in [0.25, 0.3) is 0 Å². The third-order valence-corrected chi connectivity index (χ3v) is 4.89. The van der Waals surface area contributed by atoms with Crippen LogP contribution in [0.2, 0.25) is 0 Å². The number of rotatable bonds is 5. The summed E-state index contributed by atoms with van der Waals surface area (Å²) in [5, 5.41) is 10.4. The third-order valence-electron chi connectivity index (χ3n) is 4.89. The van der Waals surface area contributed by atoms with Crippen LogP contribution in [0.25, 0.3) is 0 Å².